The summed E-state index contributed by atoms with van der Waals surface area (Å²) in [6.45, 7) is 5.73. The number of aliphatic carboxylic acids is 1. The van der Waals surface area contributed by atoms with Crippen LogP contribution < -0.4 is 0 Å². The standard InChI is InChI=1S/C9H17NO3/c1-4-6-10(7-11)9(3,5-2)8(12)13/h7H,4-6H2,1-3H3,(H,12,13). The van der Waals surface area contributed by atoms with Crippen molar-refractivity contribution >= 4 is 12.4 Å². The van der Waals surface area contributed by atoms with Crippen molar-refractivity contribution < 1.29 is 14.7 Å². The van der Waals surface area contributed by atoms with Crippen LogP contribution in [0.2, 0.25) is 0 Å². The summed E-state index contributed by atoms with van der Waals surface area (Å²) in [4.78, 5) is 22.9. The van der Waals surface area contributed by atoms with Gasteiger partial charge in [0.15, 0.2) is 0 Å². The summed E-state index contributed by atoms with van der Waals surface area (Å²) >= 11 is 0. The minimum absolute atomic E-state index is 0.418. The van der Waals surface area contributed by atoms with E-state index in [9.17, 15) is 9.59 Å². The van der Waals surface area contributed by atoms with Crippen LogP contribution in [0, 0.1) is 0 Å². The third-order valence-corrected chi connectivity index (χ3v) is 2.37. The normalized spacial score (nSPS) is 14.7. The third kappa shape index (κ3) is 2.44. The van der Waals surface area contributed by atoms with E-state index in [2.05, 4.69) is 0 Å². The fraction of sp³-hybridized carbons (Fsp3) is 0.778. The molecule has 1 N–H and O–H groups in total. The van der Waals surface area contributed by atoms with Crippen molar-refractivity contribution in [2.45, 2.75) is 39.2 Å². The lowest BCUT2D eigenvalue weighted by Gasteiger charge is -2.34. The van der Waals surface area contributed by atoms with Gasteiger partial charge in [-0.1, -0.05) is 13.8 Å². The largest absolute Gasteiger partial charge is 0.480 e. The van der Waals surface area contributed by atoms with Gasteiger partial charge in [0, 0.05) is 6.54 Å². The van der Waals surface area contributed by atoms with Crippen LogP contribution in [0.3, 0.4) is 0 Å². The molecule has 0 spiro atoms. The highest BCUT2D eigenvalue weighted by molar-refractivity contribution is 5.80. The number of carbonyl (C=O) groups is 2. The first-order valence-corrected chi connectivity index (χ1v) is 4.48. The number of rotatable bonds is 6. The highest BCUT2D eigenvalue weighted by Gasteiger charge is 2.36. The Labute approximate surface area is 78.5 Å². The van der Waals surface area contributed by atoms with Crippen LogP contribution in [-0.4, -0.2) is 34.5 Å². The van der Waals surface area contributed by atoms with Crippen molar-refractivity contribution in [1.29, 1.82) is 0 Å². The molecule has 0 aromatic rings. The molecule has 0 bridgehead atoms. The quantitative estimate of drug-likeness (QED) is 0.634. The van der Waals surface area contributed by atoms with E-state index in [1.807, 2.05) is 6.92 Å². The second kappa shape index (κ2) is 4.84. The molecule has 0 fully saturated rings. The number of amides is 1. The van der Waals surface area contributed by atoms with Crippen LogP contribution in [0.15, 0.2) is 0 Å². The van der Waals surface area contributed by atoms with Gasteiger partial charge in [0.25, 0.3) is 0 Å². The Bertz CT molecular complexity index is 193. The number of carboxylic acid groups (broad SMARTS) is 1. The van der Waals surface area contributed by atoms with Gasteiger partial charge in [0.2, 0.25) is 6.41 Å². The monoisotopic (exact) mass is 187 g/mol. The Hall–Kier alpha value is -1.06. The van der Waals surface area contributed by atoms with Gasteiger partial charge in [0.05, 0.1) is 0 Å². The van der Waals surface area contributed by atoms with E-state index in [0.29, 0.717) is 19.4 Å². The van der Waals surface area contributed by atoms with E-state index < -0.39 is 11.5 Å². The number of carbonyl (C=O) groups excluding carboxylic acids is 1. The zero-order valence-corrected chi connectivity index (χ0v) is 8.41. The van der Waals surface area contributed by atoms with Gasteiger partial charge in [0.1, 0.15) is 5.54 Å². The summed E-state index contributed by atoms with van der Waals surface area (Å²) in [5.41, 5.74) is -1.06. The van der Waals surface area contributed by atoms with E-state index in [-0.39, 0.29) is 0 Å². The molecule has 1 atom stereocenters. The van der Waals surface area contributed by atoms with Gasteiger partial charge in [-0.2, -0.15) is 0 Å². The van der Waals surface area contributed by atoms with E-state index in [1.165, 1.54) is 4.90 Å². The minimum Gasteiger partial charge on any atom is -0.480 e. The topological polar surface area (TPSA) is 57.6 Å². The van der Waals surface area contributed by atoms with Crippen LogP contribution in [0.1, 0.15) is 33.6 Å². The first kappa shape index (κ1) is 11.9. The van der Waals surface area contributed by atoms with Crippen molar-refractivity contribution in [3.63, 3.8) is 0 Å². The maximum Gasteiger partial charge on any atom is 0.329 e. The predicted octanol–water partition coefficient (Wildman–Crippen LogP) is 1.11. The fourth-order valence-corrected chi connectivity index (χ4v) is 1.13. The van der Waals surface area contributed by atoms with Gasteiger partial charge in [-0.3, -0.25) is 4.79 Å². The molecule has 0 saturated heterocycles. The molecule has 0 aliphatic rings. The molecular weight excluding hydrogens is 170 g/mol. The summed E-state index contributed by atoms with van der Waals surface area (Å²) in [6, 6.07) is 0. The van der Waals surface area contributed by atoms with E-state index in [0.717, 1.165) is 6.42 Å². The molecule has 0 radical (unpaired) electrons. The Morgan fingerprint density at radius 2 is 2.08 bits per heavy atom. The van der Waals surface area contributed by atoms with Crippen LogP contribution in [0.5, 0.6) is 0 Å². The summed E-state index contributed by atoms with van der Waals surface area (Å²) in [7, 11) is 0. The van der Waals surface area contributed by atoms with E-state index in [1.54, 1.807) is 13.8 Å². The summed E-state index contributed by atoms with van der Waals surface area (Å²) < 4.78 is 0. The highest BCUT2D eigenvalue weighted by Crippen LogP contribution is 2.18. The van der Waals surface area contributed by atoms with E-state index >= 15 is 0 Å². The smallest absolute Gasteiger partial charge is 0.329 e. The van der Waals surface area contributed by atoms with Crippen molar-refractivity contribution in [3.05, 3.63) is 0 Å². The van der Waals surface area contributed by atoms with Gasteiger partial charge < -0.3 is 10.0 Å². The van der Waals surface area contributed by atoms with Crippen LogP contribution in [-0.2, 0) is 9.59 Å². The lowest BCUT2D eigenvalue weighted by atomic mass is 9.97. The average molecular weight is 187 g/mol. The van der Waals surface area contributed by atoms with Gasteiger partial charge >= 0.3 is 5.97 Å². The minimum atomic E-state index is -1.06. The number of nitrogens with zero attached hydrogens (tertiary/aromatic N) is 1. The van der Waals surface area contributed by atoms with Gasteiger partial charge in [-0.15, -0.1) is 0 Å². The van der Waals surface area contributed by atoms with Crippen LogP contribution in [0.4, 0.5) is 0 Å². The summed E-state index contributed by atoms with van der Waals surface area (Å²) in [5.74, 6) is -0.949. The number of hydrogen-bond acceptors (Lipinski definition) is 2. The third-order valence-electron chi connectivity index (χ3n) is 2.37. The molecule has 1 unspecified atom stereocenters. The molecule has 1 amide bonds. The Morgan fingerprint density at radius 1 is 1.54 bits per heavy atom. The molecular formula is C9H17NO3. The predicted molar refractivity (Wildman–Crippen MR) is 49.4 cm³/mol. The Kier molecular flexibility index (Phi) is 4.45. The molecule has 0 aromatic heterocycles. The van der Waals surface area contributed by atoms with Crippen LogP contribution >= 0.6 is 0 Å². The summed E-state index contributed by atoms with van der Waals surface area (Å²) in [5, 5.41) is 8.96. The molecule has 13 heavy (non-hydrogen) atoms. The Morgan fingerprint density at radius 3 is 2.31 bits per heavy atom. The zero-order chi connectivity index (χ0) is 10.5. The molecule has 0 heterocycles. The maximum atomic E-state index is 10.9. The average Bonchev–Trinajstić information content (AvgIpc) is 2.12. The number of hydrogen-bond donors (Lipinski definition) is 1. The zero-order valence-electron chi connectivity index (χ0n) is 8.41. The molecule has 76 valence electrons. The van der Waals surface area contributed by atoms with Crippen molar-refractivity contribution in [1.82, 2.24) is 4.90 Å². The molecule has 4 nitrogen and oxygen atoms in total. The van der Waals surface area contributed by atoms with E-state index in [4.69, 9.17) is 5.11 Å². The second-order valence-electron chi connectivity index (χ2n) is 3.23. The molecule has 0 saturated carbocycles. The first-order valence-electron chi connectivity index (χ1n) is 4.48. The molecule has 4 heteroatoms. The molecule has 0 aromatic carbocycles. The van der Waals surface area contributed by atoms with Gasteiger partial charge in [-0.25, -0.2) is 4.79 Å². The lowest BCUT2D eigenvalue weighted by molar-refractivity contribution is -0.154. The molecule has 0 aliphatic heterocycles. The van der Waals surface area contributed by atoms with Gasteiger partial charge in [-0.05, 0) is 19.8 Å². The van der Waals surface area contributed by atoms with Crippen LogP contribution in [0.25, 0.3) is 0 Å². The molecule has 0 rings (SSSR count). The van der Waals surface area contributed by atoms with Crippen molar-refractivity contribution in [3.8, 4) is 0 Å². The van der Waals surface area contributed by atoms with Crippen molar-refractivity contribution in [2.75, 3.05) is 6.54 Å². The highest BCUT2D eigenvalue weighted by atomic mass is 16.4. The lowest BCUT2D eigenvalue weighted by Crippen LogP contribution is -2.51. The fourth-order valence-electron chi connectivity index (χ4n) is 1.13. The number of carboxylic acids is 1. The SMILES string of the molecule is CCCN(C=O)C(C)(CC)C(=O)O. The maximum absolute atomic E-state index is 10.9. The first-order chi connectivity index (χ1) is 6.02. The Balaban J connectivity index is 4.68. The summed E-state index contributed by atoms with van der Waals surface area (Å²) in [6.07, 6.45) is 1.80. The molecule has 0 aliphatic carbocycles. The second-order valence-corrected chi connectivity index (χ2v) is 3.23. The van der Waals surface area contributed by atoms with Crippen molar-refractivity contribution in [2.24, 2.45) is 0 Å².